The lowest BCUT2D eigenvalue weighted by atomic mass is 10.4. The van der Waals surface area contributed by atoms with Crippen molar-refractivity contribution in [2.24, 2.45) is 0 Å². The number of rotatable bonds is 2. The smallest absolute Gasteiger partial charge is 0.278 e. The van der Waals surface area contributed by atoms with Gasteiger partial charge in [0.25, 0.3) is 5.56 Å². The average molecular weight is 228 g/mol. The third kappa shape index (κ3) is 1.73. The number of aromatic amines is 2. The van der Waals surface area contributed by atoms with Crippen LogP contribution in [0.4, 0.5) is 11.6 Å². The van der Waals surface area contributed by atoms with E-state index in [1.54, 1.807) is 18.5 Å². The molecule has 0 aromatic carbocycles. The van der Waals surface area contributed by atoms with Gasteiger partial charge in [0.15, 0.2) is 11.2 Å². The maximum atomic E-state index is 11.6. The van der Waals surface area contributed by atoms with E-state index >= 15 is 0 Å². The molecular formula is C10H8N6O. The maximum Gasteiger partial charge on any atom is 0.278 e. The number of hydrogen-bond donors (Lipinski definition) is 3. The van der Waals surface area contributed by atoms with Gasteiger partial charge in [0.05, 0.1) is 18.2 Å². The maximum absolute atomic E-state index is 11.6. The van der Waals surface area contributed by atoms with Crippen molar-refractivity contribution in [3.8, 4) is 0 Å². The number of anilines is 2. The van der Waals surface area contributed by atoms with E-state index in [4.69, 9.17) is 0 Å². The Balaban J connectivity index is 2.04. The van der Waals surface area contributed by atoms with Gasteiger partial charge in [0.2, 0.25) is 5.95 Å². The predicted molar refractivity (Wildman–Crippen MR) is 62.0 cm³/mol. The summed E-state index contributed by atoms with van der Waals surface area (Å²) in [5.74, 6) is 0.336. The van der Waals surface area contributed by atoms with Gasteiger partial charge in [-0.05, 0) is 12.1 Å². The second kappa shape index (κ2) is 3.71. The first kappa shape index (κ1) is 9.52. The van der Waals surface area contributed by atoms with Gasteiger partial charge in [-0.25, -0.2) is 4.98 Å². The van der Waals surface area contributed by atoms with E-state index in [-0.39, 0.29) is 5.56 Å². The molecule has 0 atom stereocenters. The van der Waals surface area contributed by atoms with Crippen molar-refractivity contribution in [1.29, 1.82) is 0 Å². The Bertz CT molecular complexity index is 701. The second-order valence-electron chi connectivity index (χ2n) is 3.38. The molecule has 0 saturated carbocycles. The van der Waals surface area contributed by atoms with Crippen LogP contribution in [-0.4, -0.2) is 24.9 Å². The van der Waals surface area contributed by atoms with Crippen LogP contribution in [0.2, 0.25) is 0 Å². The summed E-state index contributed by atoms with van der Waals surface area (Å²) >= 11 is 0. The Morgan fingerprint density at radius 3 is 3.12 bits per heavy atom. The first-order chi connectivity index (χ1) is 8.33. The van der Waals surface area contributed by atoms with E-state index in [0.29, 0.717) is 17.1 Å². The monoisotopic (exact) mass is 228 g/mol. The van der Waals surface area contributed by atoms with Crippen LogP contribution in [0, 0.1) is 0 Å². The van der Waals surface area contributed by atoms with Crippen LogP contribution >= 0.6 is 0 Å². The number of aromatic nitrogens is 5. The van der Waals surface area contributed by atoms with Gasteiger partial charge in [-0.15, -0.1) is 0 Å². The Hall–Kier alpha value is -2.70. The molecule has 0 aliphatic carbocycles. The van der Waals surface area contributed by atoms with Crippen LogP contribution in [0.3, 0.4) is 0 Å². The molecule has 0 saturated heterocycles. The van der Waals surface area contributed by atoms with Crippen LogP contribution in [0.5, 0.6) is 0 Å². The lowest BCUT2D eigenvalue weighted by Gasteiger charge is -2.03. The van der Waals surface area contributed by atoms with Crippen LogP contribution in [0.25, 0.3) is 11.2 Å². The zero-order chi connectivity index (χ0) is 11.7. The summed E-state index contributed by atoms with van der Waals surface area (Å²) in [6.07, 6.45) is 4.73. The lowest BCUT2D eigenvalue weighted by molar-refractivity contribution is 1.15. The van der Waals surface area contributed by atoms with E-state index < -0.39 is 0 Å². The van der Waals surface area contributed by atoms with Crippen molar-refractivity contribution in [2.75, 3.05) is 5.32 Å². The molecule has 7 heteroatoms. The summed E-state index contributed by atoms with van der Waals surface area (Å²) in [5.41, 5.74) is 1.21. The molecule has 0 amide bonds. The number of fused-ring (bicyclic) bond motifs is 1. The molecule has 0 unspecified atom stereocenters. The highest BCUT2D eigenvalue weighted by Crippen LogP contribution is 2.10. The molecule has 0 radical (unpaired) electrons. The molecule has 3 aromatic rings. The normalized spacial score (nSPS) is 10.6. The molecule has 7 nitrogen and oxygen atoms in total. The number of nitrogens with one attached hydrogen (secondary N) is 3. The van der Waals surface area contributed by atoms with Crippen LogP contribution < -0.4 is 10.9 Å². The zero-order valence-electron chi connectivity index (χ0n) is 8.64. The molecule has 0 aliphatic rings. The van der Waals surface area contributed by atoms with E-state index in [0.717, 1.165) is 5.69 Å². The summed E-state index contributed by atoms with van der Waals surface area (Å²) < 4.78 is 0. The number of H-pyrrole nitrogens is 2. The molecule has 84 valence electrons. The van der Waals surface area contributed by atoms with E-state index in [1.807, 2.05) is 6.07 Å². The van der Waals surface area contributed by atoms with Gasteiger partial charge in [-0.2, -0.15) is 4.98 Å². The van der Waals surface area contributed by atoms with Gasteiger partial charge < -0.3 is 10.3 Å². The summed E-state index contributed by atoms with van der Waals surface area (Å²) in [6.45, 7) is 0. The fourth-order valence-electron chi connectivity index (χ4n) is 1.48. The highest BCUT2D eigenvalue weighted by molar-refractivity contribution is 5.70. The van der Waals surface area contributed by atoms with Crippen molar-refractivity contribution < 1.29 is 0 Å². The lowest BCUT2D eigenvalue weighted by Crippen LogP contribution is -2.11. The van der Waals surface area contributed by atoms with Gasteiger partial charge in [0.1, 0.15) is 0 Å². The Morgan fingerprint density at radius 1 is 1.35 bits per heavy atom. The largest absolute Gasteiger partial charge is 0.339 e. The van der Waals surface area contributed by atoms with Crippen molar-refractivity contribution in [3.63, 3.8) is 0 Å². The minimum absolute atomic E-state index is 0.265. The Morgan fingerprint density at radius 2 is 2.29 bits per heavy atom. The van der Waals surface area contributed by atoms with Crippen LogP contribution in [0.15, 0.2) is 35.6 Å². The number of imidazole rings is 1. The standard InChI is InChI=1S/C10H8N6O/c17-9-7-8(13-5-12-7)15-10(16-9)14-6-2-1-3-11-4-6/h1-5H,(H3,12,13,14,15,16,17). The molecule has 0 spiro atoms. The molecule has 3 rings (SSSR count). The first-order valence-electron chi connectivity index (χ1n) is 4.93. The van der Waals surface area contributed by atoms with Crippen molar-refractivity contribution in [2.45, 2.75) is 0 Å². The Labute approximate surface area is 95.0 Å². The molecule has 3 N–H and O–H groups in total. The van der Waals surface area contributed by atoms with Crippen molar-refractivity contribution in [1.82, 2.24) is 24.9 Å². The van der Waals surface area contributed by atoms with Gasteiger partial charge in [-0.1, -0.05) is 0 Å². The topological polar surface area (TPSA) is 99.3 Å². The molecule has 0 aliphatic heterocycles. The van der Waals surface area contributed by atoms with E-state index in [9.17, 15) is 4.79 Å². The number of pyridine rings is 1. The summed E-state index contributed by atoms with van der Waals surface area (Å²) in [7, 11) is 0. The SMILES string of the molecule is O=c1[nH]c(Nc2cccnc2)nc2nc[nH]c12. The molecular weight excluding hydrogens is 220 g/mol. The van der Waals surface area contributed by atoms with E-state index in [2.05, 4.69) is 30.2 Å². The molecule has 0 fully saturated rings. The molecule has 17 heavy (non-hydrogen) atoms. The average Bonchev–Trinajstić information content (AvgIpc) is 2.79. The molecule has 3 aromatic heterocycles. The van der Waals surface area contributed by atoms with Crippen molar-refractivity contribution in [3.05, 3.63) is 41.2 Å². The minimum Gasteiger partial charge on any atom is -0.339 e. The van der Waals surface area contributed by atoms with Crippen LogP contribution in [-0.2, 0) is 0 Å². The quantitative estimate of drug-likeness (QED) is 0.602. The van der Waals surface area contributed by atoms with Gasteiger partial charge in [-0.3, -0.25) is 14.8 Å². The number of hydrogen-bond acceptors (Lipinski definition) is 5. The first-order valence-corrected chi connectivity index (χ1v) is 4.93. The third-order valence-electron chi connectivity index (χ3n) is 2.22. The molecule has 3 heterocycles. The summed E-state index contributed by atoms with van der Waals surface area (Å²) in [5, 5.41) is 2.94. The highest BCUT2D eigenvalue weighted by Gasteiger charge is 2.05. The summed E-state index contributed by atoms with van der Waals surface area (Å²) in [4.78, 5) is 29.0. The van der Waals surface area contributed by atoms with Crippen molar-refractivity contribution >= 4 is 22.8 Å². The minimum atomic E-state index is -0.265. The Kier molecular flexibility index (Phi) is 2.08. The van der Waals surface area contributed by atoms with E-state index in [1.165, 1.54) is 6.33 Å². The third-order valence-corrected chi connectivity index (χ3v) is 2.22. The number of nitrogens with zero attached hydrogens (tertiary/aromatic N) is 3. The van der Waals surface area contributed by atoms with Gasteiger partial charge >= 0.3 is 0 Å². The fourth-order valence-corrected chi connectivity index (χ4v) is 1.48. The molecule has 0 bridgehead atoms. The van der Waals surface area contributed by atoms with Crippen LogP contribution in [0.1, 0.15) is 0 Å². The predicted octanol–water partition coefficient (Wildman–Crippen LogP) is 0.785. The summed E-state index contributed by atoms with van der Waals surface area (Å²) in [6, 6.07) is 3.61. The second-order valence-corrected chi connectivity index (χ2v) is 3.38. The zero-order valence-corrected chi connectivity index (χ0v) is 8.64. The van der Waals surface area contributed by atoms with Gasteiger partial charge in [0, 0.05) is 6.20 Å². The highest BCUT2D eigenvalue weighted by atomic mass is 16.1. The fraction of sp³-hybridized carbons (Fsp3) is 0.